The number of hydrogen-bond donors (Lipinski definition) is 0. The average Bonchev–Trinajstić information content (AvgIpc) is 2.49. The van der Waals surface area contributed by atoms with Crippen LogP contribution in [0.1, 0.15) is 13.3 Å². The van der Waals surface area contributed by atoms with Crippen LogP contribution in [0.25, 0.3) is 11.0 Å². The second kappa shape index (κ2) is 3.50. The summed E-state index contributed by atoms with van der Waals surface area (Å²) < 4.78 is 3.27. The van der Waals surface area contributed by atoms with Crippen molar-refractivity contribution in [2.75, 3.05) is 0 Å². The third-order valence-electron chi connectivity index (χ3n) is 2.05. The van der Waals surface area contributed by atoms with Crippen LogP contribution in [-0.4, -0.2) is 9.55 Å². The van der Waals surface area contributed by atoms with Crippen LogP contribution in [0.2, 0.25) is 0 Å². The van der Waals surface area contributed by atoms with Gasteiger partial charge < -0.3 is 4.57 Å². The van der Waals surface area contributed by atoms with Crippen molar-refractivity contribution in [3.63, 3.8) is 0 Å². The van der Waals surface area contributed by atoms with Gasteiger partial charge in [0.05, 0.1) is 17.4 Å². The largest absolute Gasteiger partial charge is 0.331 e. The predicted molar refractivity (Wildman–Crippen MR) is 57.7 cm³/mol. The van der Waals surface area contributed by atoms with E-state index in [9.17, 15) is 0 Å². The first-order valence-corrected chi connectivity index (χ1v) is 5.21. The van der Waals surface area contributed by atoms with Crippen molar-refractivity contribution >= 4 is 27.0 Å². The van der Waals surface area contributed by atoms with Gasteiger partial charge in [-0.2, -0.15) is 0 Å². The van der Waals surface area contributed by atoms with E-state index in [4.69, 9.17) is 0 Å². The molecular formula is C10H11BrN2. The molecule has 0 N–H and O–H groups in total. The van der Waals surface area contributed by atoms with Crippen molar-refractivity contribution in [1.82, 2.24) is 9.55 Å². The third kappa shape index (κ3) is 1.61. The van der Waals surface area contributed by atoms with Crippen LogP contribution >= 0.6 is 15.9 Å². The van der Waals surface area contributed by atoms with Crippen LogP contribution in [0, 0.1) is 0 Å². The molecule has 0 bridgehead atoms. The first-order valence-electron chi connectivity index (χ1n) is 4.41. The van der Waals surface area contributed by atoms with E-state index in [1.54, 1.807) is 0 Å². The lowest BCUT2D eigenvalue weighted by molar-refractivity contribution is 0.697. The fourth-order valence-corrected chi connectivity index (χ4v) is 1.81. The second-order valence-corrected chi connectivity index (χ2v) is 3.99. The zero-order valence-corrected chi connectivity index (χ0v) is 9.08. The van der Waals surface area contributed by atoms with Crippen LogP contribution in [-0.2, 0) is 6.54 Å². The molecule has 1 aromatic heterocycles. The molecular weight excluding hydrogens is 228 g/mol. The van der Waals surface area contributed by atoms with Crippen LogP contribution in [0.4, 0.5) is 0 Å². The first-order chi connectivity index (χ1) is 6.31. The fraction of sp³-hybridized carbons (Fsp3) is 0.300. The predicted octanol–water partition coefficient (Wildman–Crippen LogP) is 3.21. The van der Waals surface area contributed by atoms with Crippen LogP contribution < -0.4 is 0 Å². The maximum absolute atomic E-state index is 4.33. The molecule has 0 radical (unpaired) electrons. The standard InChI is InChI=1S/C10H11BrN2/c1-2-5-13-7-12-9-6-8(11)3-4-10(9)13/h3-4,6-7H,2,5H2,1H3. The molecule has 2 nitrogen and oxygen atoms in total. The van der Waals surface area contributed by atoms with Gasteiger partial charge in [0.15, 0.2) is 0 Å². The van der Waals surface area contributed by atoms with Crippen molar-refractivity contribution in [3.05, 3.63) is 29.0 Å². The number of aryl methyl sites for hydroxylation is 1. The van der Waals surface area contributed by atoms with Crippen molar-refractivity contribution in [3.8, 4) is 0 Å². The van der Waals surface area contributed by atoms with Gasteiger partial charge >= 0.3 is 0 Å². The minimum absolute atomic E-state index is 1.04. The number of halogens is 1. The van der Waals surface area contributed by atoms with E-state index in [0.717, 1.165) is 23.0 Å². The molecule has 1 aromatic carbocycles. The quantitative estimate of drug-likeness (QED) is 0.786. The molecule has 0 saturated carbocycles. The molecule has 0 aliphatic rings. The van der Waals surface area contributed by atoms with E-state index >= 15 is 0 Å². The molecule has 0 unspecified atom stereocenters. The molecule has 1 heterocycles. The van der Waals surface area contributed by atoms with Crippen LogP contribution in [0.5, 0.6) is 0 Å². The van der Waals surface area contributed by atoms with E-state index in [0.29, 0.717) is 0 Å². The van der Waals surface area contributed by atoms with E-state index < -0.39 is 0 Å². The van der Waals surface area contributed by atoms with Crippen molar-refractivity contribution in [2.45, 2.75) is 19.9 Å². The SMILES string of the molecule is CCCn1cnc2cc(Br)ccc21. The maximum atomic E-state index is 4.33. The summed E-state index contributed by atoms with van der Waals surface area (Å²) in [5, 5.41) is 0. The molecule has 13 heavy (non-hydrogen) atoms. The van der Waals surface area contributed by atoms with Crippen molar-refractivity contribution < 1.29 is 0 Å². The topological polar surface area (TPSA) is 17.8 Å². The van der Waals surface area contributed by atoms with Gasteiger partial charge in [0.2, 0.25) is 0 Å². The number of hydrogen-bond acceptors (Lipinski definition) is 1. The maximum Gasteiger partial charge on any atom is 0.0958 e. The highest BCUT2D eigenvalue weighted by Crippen LogP contribution is 2.18. The van der Waals surface area contributed by atoms with E-state index in [1.807, 2.05) is 12.4 Å². The van der Waals surface area contributed by atoms with Gasteiger partial charge in [0, 0.05) is 11.0 Å². The third-order valence-corrected chi connectivity index (χ3v) is 2.54. The summed E-state index contributed by atoms with van der Waals surface area (Å²) in [5.41, 5.74) is 2.27. The number of nitrogens with zero attached hydrogens (tertiary/aromatic N) is 2. The summed E-state index contributed by atoms with van der Waals surface area (Å²) in [6.07, 6.45) is 3.04. The molecule has 0 spiro atoms. The zero-order chi connectivity index (χ0) is 9.26. The molecule has 0 fully saturated rings. The number of benzene rings is 1. The van der Waals surface area contributed by atoms with Gasteiger partial charge in [-0.1, -0.05) is 22.9 Å². The smallest absolute Gasteiger partial charge is 0.0958 e. The highest BCUT2D eigenvalue weighted by molar-refractivity contribution is 9.10. The van der Waals surface area contributed by atoms with Crippen LogP contribution in [0.15, 0.2) is 29.0 Å². The first kappa shape index (κ1) is 8.75. The Morgan fingerprint density at radius 3 is 3.08 bits per heavy atom. The van der Waals surface area contributed by atoms with Gasteiger partial charge in [0.1, 0.15) is 0 Å². The summed E-state index contributed by atoms with van der Waals surface area (Å²) >= 11 is 3.43. The summed E-state index contributed by atoms with van der Waals surface area (Å²) in [6.45, 7) is 3.21. The molecule has 2 aromatic rings. The van der Waals surface area contributed by atoms with Crippen molar-refractivity contribution in [1.29, 1.82) is 0 Å². The van der Waals surface area contributed by atoms with Gasteiger partial charge in [-0.05, 0) is 24.6 Å². The molecule has 0 saturated heterocycles. The Hall–Kier alpha value is -0.830. The lowest BCUT2D eigenvalue weighted by atomic mass is 10.3. The summed E-state index contributed by atoms with van der Waals surface area (Å²) in [4.78, 5) is 4.33. The van der Waals surface area contributed by atoms with Crippen LogP contribution in [0.3, 0.4) is 0 Å². The highest BCUT2D eigenvalue weighted by atomic mass is 79.9. The molecule has 2 rings (SSSR count). The monoisotopic (exact) mass is 238 g/mol. The Morgan fingerprint density at radius 1 is 1.46 bits per heavy atom. The second-order valence-electron chi connectivity index (χ2n) is 3.07. The minimum atomic E-state index is 1.04. The molecule has 3 heteroatoms. The Bertz CT molecular complexity index is 420. The minimum Gasteiger partial charge on any atom is -0.331 e. The molecule has 0 aliphatic heterocycles. The number of fused-ring (bicyclic) bond motifs is 1. The zero-order valence-electron chi connectivity index (χ0n) is 7.50. The lowest BCUT2D eigenvalue weighted by Gasteiger charge is -2.00. The molecule has 0 aliphatic carbocycles. The highest BCUT2D eigenvalue weighted by Gasteiger charge is 2.00. The lowest BCUT2D eigenvalue weighted by Crippen LogP contribution is -1.93. The summed E-state index contributed by atoms with van der Waals surface area (Å²) in [7, 11) is 0. The normalized spacial score (nSPS) is 10.9. The molecule has 0 atom stereocenters. The number of imidazole rings is 1. The summed E-state index contributed by atoms with van der Waals surface area (Å²) in [6, 6.07) is 6.19. The van der Waals surface area contributed by atoms with E-state index in [2.05, 4.69) is 44.5 Å². The average molecular weight is 239 g/mol. The number of rotatable bonds is 2. The Labute approximate surface area is 85.7 Å². The fourth-order valence-electron chi connectivity index (χ4n) is 1.46. The van der Waals surface area contributed by atoms with Gasteiger partial charge in [-0.15, -0.1) is 0 Å². The molecule has 0 amide bonds. The Balaban J connectivity index is 2.55. The Morgan fingerprint density at radius 2 is 2.31 bits per heavy atom. The van der Waals surface area contributed by atoms with E-state index in [1.165, 1.54) is 5.52 Å². The van der Waals surface area contributed by atoms with E-state index in [-0.39, 0.29) is 0 Å². The summed E-state index contributed by atoms with van der Waals surface area (Å²) in [5.74, 6) is 0. The van der Waals surface area contributed by atoms with Gasteiger partial charge in [-0.3, -0.25) is 0 Å². The van der Waals surface area contributed by atoms with Crippen molar-refractivity contribution in [2.24, 2.45) is 0 Å². The molecule has 68 valence electrons. The number of aromatic nitrogens is 2. The van der Waals surface area contributed by atoms with Gasteiger partial charge in [0.25, 0.3) is 0 Å². The van der Waals surface area contributed by atoms with Gasteiger partial charge in [-0.25, -0.2) is 4.98 Å². The Kier molecular flexibility index (Phi) is 2.36.